The summed E-state index contributed by atoms with van der Waals surface area (Å²) in [4.78, 5) is 0. The summed E-state index contributed by atoms with van der Waals surface area (Å²) in [5.74, 6) is -0.784. The smallest absolute Gasteiger partial charge is 0.265 e. The van der Waals surface area contributed by atoms with Gasteiger partial charge in [0.05, 0.1) is 79.3 Å². The fraction of sp³-hybridized carbons (Fsp3) is 0.323. The molecule has 14 rings (SSSR count). The fourth-order valence-electron chi connectivity index (χ4n) is 15.6. The Morgan fingerprint density at radius 2 is 0.508 bits per heavy atom. The average Bonchev–Trinajstić information content (AvgIpc) is 0.736. The molecule has 3 saturated heterocycles. The van der Waals surface area contributed by atoms with Crippen molar-refractivity contribution in [3.63, 3.8) is 0 Å². The predicted molar refractivity (Wildman–Crippen MR) is 466 cm³/mol. The molecule has 0 radical (unpaired) electrons. The number of alkyl halides is 3. The maximum Gasteiger partial charge on any atom is 0.265 e. The van der Waals surface area contributed by atoms with E-state index in [-0.39, 0.29) is 79.3 Å². The van der Waals surface area contributed by atoms with Crippen molar-refractivity contribution in [2.75, 3.05) is 19.8 Å². The highest BCUT2D eigenvalue weighted by molar-refractivity contribution is 6.99. The van der Waals surface area contributed by atoms with Crippen LogP contribution in [-0.4, -0.2) is 130 Å². The van der Waals surface area contributed by atoms with Crippen molar-refractivity contribution in [2.24, 2.45) is 0 Å². The zero-order valence-corrected chi connectivity index (χ0v) is 70.8. The maximum atomic E-state index is 9.53. The topological polar surface area (TPSA) is 172 Å². The average molecular weight is 1700 g/mol. The van der Waals surface area contributed by atoms with Crippen LogP contribution in [0.25, 0.3) is 0 Å². The third kappa shape index (κ3) is 24.0. The van der Waals surface area contributed by atoms with Crippen molar-refractivity contribution in [3.8, 4) is 0 Å². The molecule has 3 aliphatic rings. The first-order chi connectivity index (χ1) is 58.7. The summed E-state index contributed by atoms with van der Waals surface area (Å²) < 4.78 is 117. The Labute approximate surface area is 720 Å². The maximum absolute atomic E-state index is 9.53. The number of ether oxygens (including phenoxy) is 15. The second-order valence-electron chi connectivity index (χ2n) is 31.1. The predicted octanol–water partition coefficient (Wildman–Crippen LogP) is 18.4. The largest absolute Gasteiger partial charge is 0.445 e. The lowest BCUT2D eigenvalue weighted by Gasteiger charge is -2.52. The molecular weight excluding hydrogens is 1590 g/mol. The van der Waals surface area contributed by atoms with Gasteiger partial charge in [-0.15, -0.1) is 0 Å². The van der Waals surface area contributed by atoms with Crippen LogP contribution in [0, 0.1) is 5.41 Å². The van der Waals surface area contributed by atoms with Crippen LogP contribution in [0.5, 0.6) is 0 Å². The molecule has 17 nitrogen and oxygen atoms in total. The summed E-state index contributed by atoms with van der Waals surface area (Å²) in [5, 5.41) is 11.1. The molecule has 3 aliphatic heterocycles. The van der Waals surface area contributed by atoms with Crippen molar-refractivity contribution in [3.05, 3.63) is 384 Å². The highest BCUT2D eigenvalue weighted by Crippen LogP contribution is 2.43. The van der Waals surface area contributed by atoms with Gasteiger partial charge >= 0.3 is 0 Å². The van der Waals surface area contributed by atoms with E-state index in [0.29, 0.717) is 0 Å². The molecule has 15 atom stereocenters. The molecule has 0 saturated carbocycles. The van der Waals surface area contributed by atoms with E-state index in [9.17, 15) is 5.41 Å². The van der Waals surface area contributed by atoms with Gasteiger partial charge in [0.2, 0.25) is 12.2 Å². The lowest BCUT2D eigenvalue weighted by atomic mass is 9.95. The SMILES string of the molecule is CC(C)(C)[Si](OC[C@H]1O[C@H](O[C@@H]2[C@@H](OC(=N)C(Cl)(Cl)Cl)O[C@H](COCc3ccccc3)[C@@H](OCc3ccccc3)[C@@H]2OCc2ccccc2)[C@@H](O[C@H]2O[C@H](COCc3ccccc3)[C@@H](OCc3ccccc3)[C@H](OCc3ccccc3)[C@@H]2OCc2ccccc2)[C@@H](OCc2ccccc2)[C@@H]1OCc1ccccc1)(c1ccccc1)c1ccccc1. The van der Waals surface area contributed by atoms with E-state index >= 15 is 0 Å². The molecule has 120 heavy (non-hydrogen) atoms. The molecule has 0 aromatic heterocycles. The van der Waals surface area contributed by atoms with Gasteiger partial charge in [-0.3, -0.25) is 5.41 Å². The monoisotopic (exact) mass is 1700 g/mol. The van der Waals surface area contributed by atoms with E-state index < -0.39 is 115 Å². The van der Waals surface area contributed by atoms with Gasteiger partial charge in [0.25, 0.3) is 12.1 Å². The van der Waals surface area contributed by atoms with Crippen LogP contribution in [-0.2, 0) is 135 Å². The molecular formula is C99H104Cl3NO16Si. The standard InChI is InChI=1S/C99H104Cl3NO16Si/c1-98(2,3)120(80-55-33-13-34-56-80,81-57-35-14-36-58-81)113-70-84-87(108-63-75-45-23-8-24-46-75)90(111-66-78-51-29-11-30-52-78)92(117-94-91(112-67-79-53-31-12-32-54-79)88(109-64-76-47-25-9-26-48-76)85(106-61-73-41-19-6-20-42-73)82(114-94)68-104-59-71-37-15-4-16-38-71)95(116-84)118-93-89(110-65-77-49-27-10-28-50-77)86(107-62-74-43-21-7-22-44-74)83(69-105-60-72-39-17-5-18-40-72)115-96(93)119-97(103)99(100,101)102/h4-58,82-96,103H,59-70H2,1-3H3/t82-,83-,84-,85-,86-,87-,88+,89+,90+,91+,92+,93+,94-,95-,96-/m1/s1. The normalized spacial score (nSPS) is 23.4. The summed E-state index contributed by atoms with van der Waals surface area (Å²) in [6, 6.07) is 110. The Morgan fingerprint density at radius 3 is 0.792 bits per heavy atom. The van der Waals surface area contributed by atoms with Gasteiger partial charge in [0.1, 0.15) is 67.1 Å². The number of rotatable bonds is 39. The Balaban J connectivity index is 0.972. The molecule has 626 valence electrons. The van der Waals surface area contributed by atoms with E-state index in [1.807, 2.05) is 285 Å². The van der Waals surface area contributed by atoms with Gasteiger partial charge < -0.3 is 75.5 Å². The summed E-state index contributed by atoms with van der Waals surface area (Å²) in [7, 11) is -3.48. The van der Waals surface area contributed by atoms with Crippen LogP contribution in [0.15, 0.2) is 334 Å². The molecule has 11 aromatic rings. The second kappa shape index (κ2) is 43.9. The van der Waals surface area contributed by atoms with Gasteiger partial charge in [-0.25, -0.2) is 0 Å². The zero-order valence-electron chi connectivity index (χ0n) is 67.6. The number of nitrogens with one attached hydrogen (secondary N) is 1. The van der Waals surface area contributed by atoms with Gasteiger partial charge in [-0.2, -0.15) is 0 Å². The van der Waals surface area contributed by atoms with Crippen molar-refractivity contribution in [2.45, 2.75) is 181 Å². The molecule has 1 N–H and O–H groups in total. The molecule has 0 bridgehead atoms. The highest BCUT2D eigenvalue weighted by Gasteiger charge is 2.60. The lowest BCUT2D eigenvalue weighted by molar-refractivity contribution is -0.402. The Kier molecular flexibility index (Phi) is 32.1. The molecule has 3 heterocycles. The fourth-order valence-corrected chi connectivity index (χ4v) is 20.3. The first-order valence-corrected chi connectivity index (χ1v) is 43.9. The lowest BCUT2D eigenvalue weighted by Crippen LogP contribution is -2.70. The van der Waals surface area contributed by atoms with E-state index in [1.54, 1.807) is 0 Å². The van der Waals surface area contributed by atoms with Crippen LogP contribution in [0.1, 0.15) is 70.8 Å². The quantitative estimate of drug-likeness (QED) is 0.0167. The van der Waals surface area contributed by atoms with Crippen molar-refractivity contribution in [1.82, 2.24) is 0 Å². The summed E-state index contributed by atoms with van der Waals surface area (Å²) >= 11 is 20.2. The molecule has 3 fully saturated rings. The van der Waals surface area contributed by atoms with Crippen molar-refractivity contribution < 1.29 is 75.5 Å². The number of benzene rings is 11. The molecule has 0 amide bonds. The van der Waals surface area contributed by atoms with Crippen LogP contribution in [0.4, 0.5) is 0 Å². The highest BCUT2D eigenvalue weighted by atomic mass is 35.6. The Hall–Kier alpha value is -8.62. The van der Waals surface area contributed by atoms with E-state index in [1.165, 1.54) is 0 Å². The molecule has 21 heteroatoms. The summed E-state index contributed by atoms with van der Waals surface area (Å²) in [5.41, 5.74) is 7.87. The van der Waals surface area contributed by atoms with Crippen molar-refractivity contribution >= 4 is 59.4 Å². The van der Waals surface area contributed by atoms with Gasteiger partial charge in [-0.1, -0.05) is 389 Å². The van der Waals surface area contributed by atoms with E-state index in [0.717, 1.165) is 60.4 Å². The Bertz CT molecular complexity index is 4720. The minimum absolute atomic E-state index is 0.00333. The third-order valence-electron chi connectivity index (χ3n) is 21.5. The minimum atomic E-state index is -3.48. The zero-order chi connectivity index (χ0) is 82.8. The van der Waals surface area contributed by atoms with E-state index in [4.69, 9.17) is 110 Å². The first kappa shape index (κ1) is 87.7. The van der Waals surface area contributed by atoms with Crippen LogP contribution in [0.3, 0.4) is 0 Å². The van der Waals surface area contributed by atoms with Gasteiger partial charge in [-0.05, 0) is 65.5 Å². The molecule has 0 spiro atoms. The minimum Gasteiger partial charge on any atom is -0.445 e. The number of hydrogen-bond acceptors (Lipinski definition) is 17. The Morgan fingerprint density at radius 1 is 0.283 bits per heavy atom. The number of hydrogen-bond donors (Lipinski definition) is 1. The summed E-state index contributed by atoms with van der Waals surface area (Å²) in [6.45, 7) is 7.41. The third-order valence-corrected chi connectivity index (χ3v) is 27.0. The molecule has 0 unspecified atom stereocenters. The van der Waals surface area contributed by atoms with Crippen LogP contribution >= 0.6 is 34.8 Å². The second-order valence-corrected chi connectivity index (χ2v) is 37.7. The summed E-state index contributed by atoms with van der Waals surface area (Å²) in [6.07, 6.45) is -18.5. The molecule has 0 aliphatic carbocycles. The van der Waals surface area contributed by atoms with Crippen molar-refractivity contribution in [1.29, 1.82) is 5.41 Å². The van der Waals surface area contributed by atoms with E-state index in [2.05, 4.69) is 69.3 Å². The number of halogens is 3. The van der Waals surface area contributed by atoms with Gasteiger partial charge in [0, 0.05) is 0 Å². The van der Waals surface area contributed by atoms with Gasteiger partial charge in [0.15, 0.2) is 18.7 Å². The first-order valence-electron chi connectivity index (χ1n) is 40.9. The van der Waals surface area contributed by atoms with Crippen LogP contribution in [0.2, 0.25) is 5.04 Å². The molecule has 11 aromatic carbocycles. The van der Waals surface area contributed by atoms with Crippen LogP contribution < -0.4 is 10.4 Å².